The molecule has 134 valence electrons. The molecule has 0 aliphatic heterocycles. The van der Waals surface area contributed by atoms with Gasteiger partial charge >= 0.3 is 0 Å². The first-order valence-corrected chi connectivity index (χ1v) is 8.16. The third-order valence-corrected chi connectivity index (χ3v) is 3.80. The molecule has 0 N–H and O–H groups in total. The lowest BCUT2D eigenvalue weighted by Gasteiger charge is -2.19. The van der Waals surface area contributed by atoms with Crippen LogP contribution in [-0.2, 0) is 17.9 Å². The third kappa shape index (κ3) is 4.09. The fourth-order valence-corrected chi connectivity index (χ4v) is 2.47. The zero-order valence-corrected chi connectivity index (χ0v) is 14.6. The fourth-order valence-electron chi connectivity index (χ4n) is 2.47. The van der Waals surface area contributed by atoms with E-state index in [9.17, 15) is 4.79 Å². The van der Waals surface area contributed by atoms with Gasteiger partial charge in [-0.05, 0) is 24.6 Å². The van der Waals surface area contributed by atoms with Crippen LogP contribution in [0.4, 0.5) is 0 Å². The third-order valence-electron chi connectivity index (χ3n) is 3.80. The van der Waals surface area contributed by atoms with Crippen molar-refractivity contribution in [2.24, 2.45) is 0 Å². The van der Waals surface area contributed by atoms with E-state index in [1.54, 1.807) is 36.5 Å². The Kier molecular flexibility index (Phi) is 5.65. The summed E-state index contributed by atoms with van der Waals surface area (Å²) >= 11 is 0. The van der Waals surface area contributed by atoms with E-state index in [2.05, 4.69) is 20.1 Å². The first kappa shape index (κ1) is 17.7. The number of hydrogen-bond acceptors (Lipinski definition) is 7. The predicted octanol–water partition coefficient (Wildman–Crippen LogP) is 2.34. The minimum absolute atomic E-state index is 0.102. The molecule has 0 saturated heterocycles. The highest BCUT2D eigenvalue weighted by atomic mass is 16.5. The Bertz CT molecular complexity index is 849. The molecule has 2 heterocycles. The number of aromatic nitrogens is 4. The van der Waals surface area contributed by atoms with Gasteiger partial charge in [-0.25, -0.2) is 9.97 Å². The first-order chi connectivity index (χ1) is 12.7. The Morgan fingerprint density at radius 1 is 1.15 bits per heavy atom. The predicted molar refractivity (Wildman–Crippen MR) is 92.9 cm³/mol. The van der Waals surface area contributed by atoms with E-state index >= 15 is 0 Å². The Morgan fingerprint density at radius 3 is 2.54 bits per heavy atom. The quantitative estimate of drug-likeness (QED) is 0.643. The largest absolute Gasteiger partial charge is 0.377 e. The summed E-state index contributed by atoms with van der Waals surface area (Å²) in [5.41, 5.74) is 2.44. The van der Waals surface area contributed by atoms with E-state index in [1.165, 1.54) is 6.33 Å². The molecule has 0 spiro atoms. The van der Waals surface area contributed by atoms with Gasteiger partial charge < -0.3 is 14.2 Å². The van der Waals surface area contributed by atoms with Gasteiger partial charge in [0.2, 0.25) is 5.89 Å². The van der Waals surface area contributed by atoms with Crippen molar-refractivity contribution in [2.45, 2.75) is 20.1 Å². The van der Waals surface area contributed by atoms with E-state index in [0.29, 0.717) is 23.8 Å². The number of hydrogen-bond donors (Lipinski definition) is 0. The maximum atomic E-state index is 12.7. The average molecular weight is 353 g/mol. The maximum Gasteiger partial charge on any atom is 0.254 e. The van der Waals surface area contributed by atoms with Crippen LogP contribution in [0.25, 0.3) is 11.1 Å². The molecule has 0 atom stereocenters. The summed E-state index contributed by atoms with van der Waals surface area (Å²) in [6.45, 7) is 2.95. The number of carbonyl (C=O) groups is 1. The molecule has 8 nitrogen and oxygen atoms in total. The number of methoxy groups -OCH3 is 1. The molecule has 0 bridgehead atoms. The molecule has 3 aromatic rings. The minimum atomic E-state index is -0.102. The van der Waals surface area contributed by atoms with Crippen molar-refractivity contribution in [1.29, 1.82) is 0 Å². The van der Waals surface area contributed by atoms with Crippen molar-refractivity contribution in [3.05, 3.63) is 60.3 Å². The van der Waals surface area contributed by atoms with Crippen molar-refractivity contribution in [3.8, 4) is 11.1 Å². The lowest BCUT2D eigenvalue weighted by molar-refractivity contribution is 0.0734. The molecule has 0 aliphatic carbocycles. The molecule has 0 unspecified atom stereocenters. The van der Waals surface area contributed by atoms with Crippen molar-refractivity contribution < 1.29 is 14.1 Å². The number of nitrogens with zero attached hydrogens (tertiary/aromatic N) is 5. The van der Waals surface area contributed by atoms with E-state index in [0.717, 1.165) is 11.1 Å². The Labute approximate surface area is 150 Å². The van der Waals surface area contributed by atoms with Gasteiger partial charge in [-0.2, -0.15) is 4.98 Å². The zero-order valence-electron chi connectivity index (χ0n) is 14.6. The van der Waals surface area contributed by atoms with Crippen LogP contribution < -0.4 is 0 Å². The van der Waals surface area contributed by atoms with Gasteiger partial charge in [0.25, 0.3) is 5.91 Å². The summed E-state index contributed by atoms with van der Waals surface area (Å²) in [5, 5.41) is 3.81. The molecule has 8 heteroatoms. The van der Waals surface area contributed by atoms with Crippen LogP contribution in [0.3, 0.4) is 0 Å². The van der Waals surface area contributed by atoms with Crippen LogP contribution in [0.2, 0.25) is 0 Å². The zero-order chi connectivity index (χ0) is 18.4. The number of benzene rings is 1. The van der Waals surface area contributed by atoms with Gasteiger partial charge in [0, 0.05) is 37.2 Å². The van der Waals surface area contributed by atoms with Crippen LogP contribution in [0.15, 0.2) is 47.5 Å². The van der Waals surface area contributed by atoms with Gasteiger partial charge in [-0.3, -0.25) is 4.79 Å². The summed E-state index contributed by atoms with van der Waals surface area (Å²) in [4.78, 5) is 26.6. The molecular formula is C18H19N5O3. The average Bonchev–Trinajstić information content (AvgIpc) is 3.14. The van der Waals surface area contributed by atoms with Gasteiger partial charge in [0.1, 0.15) is 19.5 Å². The summed E-state index contributed by atoms with van der Waals surface area (Å²) in [5.74, 6) is 0.737. The molecular weight excluding hydrogens is 334 g/mol. The van der Waals surface area contributed by atoms with E-state index in [4.69, 9.17) is 9.26 Å². The highest BCUT2D eigenvalue weighted by molar-refractivity contribution is 5.94. The second-order valence-corrected chi connectivity index (χ2v) is 5.56. The molecule has 1 aromatic carbocycles. The smallest absolute Gasteiger partial charge is 0.254 e. The monoisotopic (exact) mass is 353 g/mol. The summed E-state index contributed by atoms with van der Waals surface area (Å²) < 4.78 is 10.1. The second-order valence-electron chi connectivity index (χ2n) is 5.56. The molecule has 26 heavy (non-hydrogen) atoms. The maximum absolute atomic E-state index is 12.7. The highest BCUT2D eigenvalue weighted by Crippen LogP contribution is 2.18. The number of amides is 1. The fraction of sp³-hybridized carbons (Fsp3) is 0.278. The van der Waals surface area contributed by atoms with Crippen molar-refractivity contribution in [1.82, 2.24) is 25.0 Å². The molecule has 2 aromatic heterocycles. The summed E-state index contributed by atoms with van der Waals surface area (Å²) in [6, 6.07) is 7.33. The van der Waals surface area contributed by atoms with Crippen LogP contribution in [0.5, 0.6) is 0 Å². The van der Waals surface area contributed by atoms with Gasteiger partial charge in [0.15, 0.2) is 5.82 Å². The molecule has 1 amide bonds. The Morgan fingerprint density at radius 2 is 1.88 bits per heavy atom. The number of ether oxygens (including phenoxy) is 1. The lowest BCUT2D eigenvalue weighted by Crippen LogP contribution is -2.30. The van der Waals surface area contributed by atoms with Crippen molar-refractivity contribution >= 4 is 5.91 Å². The topological polar surface area (TPSA) is 94.2 Å². The first-order valence-electron chi connectivity index (χ1n) is 8.16. The normalized spacial score (nSPS) is 10.7. The Balaban J connectivity index is 1.71. The standard InChI is InChI=1S/C18H19N5O3/c1-3-23(10-17-21-16(11-25-2)22-26-17)18(24)14-6-4-13(5-7-14)15-8-19-12-20-9-15/h4-9,12H,3,10-11H2,1-2H3. The van der Waals surface area contributed by atoms with Gasteiger partial charge in [0.05, 0.1) is 0 Å². The lowest BCUT2D eigenvalue weighted by atomic mass is 10.1. The van der Waals surface area contributed by atoms with Gasteiger partial charge in [-0.15, -0.1) is 0 Å². The molecule has 0 saturated carbocycles. The number of carbonyl (C=O) groups excluding carboxylic acids is 1. The van der Waals surface area contributed by atoms with Crippen LogP contribution in [-0.4, -0.2) is 44.6 Å². The highest BCUT2D eigenvalue weighted by Gasteiger charge is 2.18. The van der Waals surface area contributed by atoms with Crippen molar-refractivity contribution in [2.75, 3.05) is 13.7 Å². The Hall–Kier alpha value is -3.13. The molecule has 0 aliphatic rings. The van der Waals surface area contributed by atoms with Crippen molar-refractivity contribution in [3.63, 3.8) is 0 Å². The summed E-state index contributed by atoms with van der Waals surface area (Å²) in [7, 11) is 1.56. The SMILES string of the molecule is CCN(Cc1nc(COC)no1)C(=O)c1ccc(-c2cncnc2)cc1. The van der Waals surface area contributed by atoms with E-state index < -0.39 is 0 Å². The summed E-state index contributed by atoms with van der Waals surface area (Å²) in [6.07, 6.45) is 4.95. The number of rotatable bonds is 7. The minimum Gasteiger partial charge on any atom is -0.377 e. The molecule has 3 rings (SSSR count). The van der Waals surface area contributed by atoms with Crippen LogP contribution >= 0.6 is 0 Å². The molecule has 0 radical (unpaired) electrons. The van der Waals surface area contributed by atoms with Crippen LogP contribution in [0.1, 0.15) is 29.0 Å². The molecule has 0 fully saturated rings. The second kappa shape index (κ2) is 8.30. The van der Waals surface area contributed by atoms with E-state index in [-0.39, 0.29) is 19.1 Å². The van der Waals surface area contributed by atoms with Crippen LogP contribution in [0, 0.1) is 0 Å². The van der Waals surface area contributed by atoms with E-state index in [1.807, 2.05) is 19.1 Å². The van der Waals surface area contributed by atoms with Gasteiger partial charge in [-0.1, -0.05) is 17.3 Å².